The van der Waals surface area contributed by atoms with Crippen molar-refractivity contribution in [3.05, 3.63) is 70.5 Å². The summed E-state index contributed by atoms with van der Waals surface area (Å²) in [5.74, 6) is -3.47. The molecule has 28 heavy (non-hydrogen) atoms. The van der Waals surface area contributed by atoms with Gasteiger partial charge < -0.3 is 10.6 Å². The number of hydrogen-bond donors (Lipinski definition) is 2. The van der Waals surface area contributed by atoms with Gasteiger partial charge in [0.25, 0.3) is 5.91 Å². The van der Waals surface area contributed by atoms with Crippen LogP contribution in [0.1, 0.15) is 40.7 Å². The predicted molar refractivity (Wildman–Crippen MR) is 98.2 cm³/mol. The topological polar surface area (TPSA) is 58.2 Å². The maximum Gasteiger partial charge on any atom is 0.254 e. The molecule has 0 saturated heterocycles. The largest absolute Gasteiger partial charge is 0.353 e. The summed E-state index contributed by atoms with van der Waals surface area (Å²) in [6.07, 6.45) is 1.51. The monoisotopic (exact) mass is 390 g/mol. The van der Waals surface area contributed by atoms with Crippen LogP contribution >= 0.6 is 0 Å². The summed E-state index contributed by atoms with van der Waals surface area (Å²) in [5, 5.41) is 5.59. The van der Waals surface area contributed by atoms with E-state index in [4.69, 9.17) is 0 Å². The van der Waals surface area contributed by atoms with Gasteiger partial charge in [-0.2, -0.15) is 0 Å². The summed E-state index contributed by atoms with van der Waals surface area (Å²) in [6.45, 7) is 1.67. The Morgan fingerprint density at radius 3 is 2.32 bits per heavy atom. The Balaban J connectivity index is 1.53. The van der Waals surface area contributed by atoms with Crippen molar-refractivity contribution in [2.24, 2.45) is 0 Å². The molecule has 7 heteroatoms. The lowest BCUT2D eigenvalue weighted by Gasteiger charge is -2.16. The highest BCUT2D eigenvalue weighted by atomic mass is 19.2. The number of carbonyl (C=O) groups excluding carboxylic acids is 2. The van der Waals surface area contributed by atoms with Gasteiger partial charge in [-0.05, 0) is 43.9 Å². The van der Waals surface area contributed by atoms with Crippen molar-refractivity contribution in [3.63, 3.8) is 0 Å². The number of carbonyl (C=O) groups is 2. The first kappa shape index (κ1) is 19.9. The first-order valence-corrected chi connectivity index (χ1v) is 9.13. The van der Waals surface area contributed by atoms with Crippen molar-refractivity contribution in [1.82, 2.24) is 10.6 Å². The molecule has 0 aromatic heterocycles. The van der Waals surface area contributed by atoms with E-state index in [9.17, 15) is 22.8 Å². The van der Waals surface area contributed by atoms with E-state index in [-0.39, 0.29) is 29.6 Å². The lowest BCUT2D eigenvalue weighted by molar-refractivity contribution is -0.121. The Bertz CT molecular complexity index is 881. The molecule has 1 aliphatic carbocycles. The fourth-order valence-electron chi connectivity index (χ4n) is 3.56. The van der Waals surface area contributed by atoms with E-state index in [0.717, 1.165) is 6.07 Å². The van der Waals surface area contributed by atoms with Gasteiger partial charge in [0.2, 0.25) is 5.91 Å². The second kappa shape index (κ2) is 8.46. The van der Waals surface area contributed by atoms with Crippen molar-refractivity contribution in [3.8, 4) is 0 Å². The normalized spacial score (nSPS) is 18.7. The van der Waals surface area contributed by atoms with Gasteiger partial charge in [-0.1, -0.05) is 24.3 Å². The standard InChI is InChI=1S/C21H21F3N2O2/c1-12-4-2-6-16(22)19(12)21(28)26-15-9-8-14(11-15)25-18(27)10-13-5-3-7-17(23)20(13)24/h2-7,14-15H,8-11H2,1H3,(H,25,27)(H,26,28)/t14-,15+/m0/s1. The number of halogens is 3. The molecule has 2 aromatic carbocycles. The molecule has 0 heterocycles. The average Bonchev–Trinajstić information content (AvgIpc) is 3.05. The van der Waals surface area contributed by atoms with Crippen LogP contribution in [-0.4, -0.2) is 23.9 Å². The molecular weight excluding hydrogens is 369 g/mol. The van der Waals surface area contributed by atoms with Crippen LogP contribution in [0, 0.1) is 24.4 Å². The van der Waals surface area contributed by atoms with Crippen LogP contribution < -0.4 is 10.6 Å². The van der Waals surface area contributed by atoms with E-state index in [0.29, 0.717) is 24.8 Å². The molecule has 148 valence electrons. The van der Waals surface area contributed by atoms with Crippen LogP contribution in [-0.2, 0) is 11.2 Å². The van der Waals surface area contributed by atoms with Gasteiger partial charge >= 0.3 is 0 Å². The van der Waals surface area contributed by atoms with Crippen LogP contribution in [0.5, 0.6) is 0 Å². The van der Waals surface area contributed by atoms with Gasteiger partial charge in [0.05, 0.1) is 12.0 Å². The lowest BCUT2D eigenvalue weighted by atomic mass is 10.1. The number of hydrogen-bond acceptors (Lipinski definition) is 2. The molecule has 0 unspecified atom stereocenters. The summed E-state index contributed by atoms with van der Waals surface area (Å²) < 4.78 is 40.8. The molecule has 2 atom stereocenters. The smallest absolute Gasteiger partial charge is 0.254 e. The summed E-state index contributed by atoms with van der Waals surface area (Å²) in [6, 6.07) is 7.80. The highest BCUT2D eigenvalue weighted by Crippen LogP contribution is 2.21. The Labute approximate surface area is 161 Å². The lowest BCUT2D eigenvalue weighted by Crippen LogP contribution is -2.38. The number of aryl methyl sites for hydroxylation is 1. The van der Waals surface area contributed by atoms with E-state index in [1.165, 1.54) is 18.2 Å². The SMILES string of the molecule is Cc1cccc(F)c1C(=O)N[C@@H]1CC[C@H](NC(=O)Cc2cccc(F)c2F)C1. The third kappa shape index (κ3) is 4.52. The van der Waals surface area contributed by atoms with Crippen LogP contribution in [0.3, 0.4) is 0 Å². The molecule has 2 amide bonds. The minimum Gasteiger partial charge on any atom is -0.353 e. The van der Waals surface area contributed by atoms with Crippen molar-refractivity contribution in [1.29, 1.82) is 0 Å². The molecule has 3 rings (SSSR count). The van der Waals surface area contributed by atoms with E-state index in [2.05, 4.69) is 10.6 Å². The van der Waals surface area contributed by atoms with Gasteiger partial charge in [-0.15, -0.1) is 0 Å². The Morgan fingerprint density at radius 2 is 1.61 bits per heavy atom. The van der Waals surface area contributed by atoms with Gasteiger partial charge in [-0.25, -0.2) is 13.2 Å². The third-order valence-corrected chi connectivity index (χ3v) is 4.96. The second-order valence-electron chi connectivity index (χ2n) is 7.07. The quantitative estimate of drug-likeness (QED) is 0.822. The number of benzene rings is 2. The highest BCUT2D eigenvalue weighted by molar-refractivity contribution is 5.96. The van der Waals surface area contributed by atoms with Gasteiger partial charge in [0, 0.05) is 17.6 Å². The average molecular weight is 390 g/mol. The minimum absolute atomic E-state index is 0.00428. The summed E-state index contributed by atoms with van der Waals surface area (Å²) in [7, 11) is 0. The predicted octanol–water partition coefficient (Wildman–Crippen LogP) is 3.42. The van der Waals surface area contributed by atoms with Crippen LogP contribution in [0.4, 0.5) is 13.2 Å². The molecule has 0 bridgehead atoms. The second-order valence-corrected chi connectivity index (χ2v) is 7.07. The summed E-state index contributed by atoms with van der Waals surface area (Å²) >= 11 is 0. The Hall–Kier alpha value is -2.83. The molecule has 2 N–H and O–H groups in total. The number of rotatable bonds is 5. The molecule has 1 aliphatic rings. The maximum atomic E-state index is 13.9. The van der Waals surface area contributed by atoms with E-state index < -0.39 is 29.3 Å². The third-order valence-electron chi connectivity index (χ3n) is 4.96. The van der Waals surface area contributed by atoms with E-state index in [1.54, 1.807) is 19.1 Å². The van der Waals surface area contributed by atoms with E-state index in [1.807, 2.05) is 0 Å². The zero-order valence-corrected chi connectivity index (χ0v) is 15.4. The number of amides is 2. The van der Waals surface area contributed by atoms with Crippen molar-refractivity contribution >= 4 is 11.8 Å². The molecule has 1 fully saturated rings. The Morgan fingerprint density at radius 1 is 0.964 bits per heavy atom. The molecular formula is C21H21F3N2O2. The highest BCUT2D eigenvalue weighted by Gasteiger charge is 2.28. The van der Waals surface area contributed by atoms with Crippen LogP contribution in [0.25, 0.3) is 0 Å². The maximum absolute atomic E-state index is 13.9. The molecule has 4 nitrogen and oxygen atoms in total. The fraction of sp³-hybridized carbons (Fsp3) is 0.333. The van der Waals surface area contributed by atoms with Crippen molar-refractivity contribution in [2.75, 3.05) is 0 Å². The molecule has 0 spiro atoms. The van der Waals surface area contributed by atoms with Crippen LogP contribution in [0.15, 0.2) is 36.4 Å². The Kier molecular flexibility index (Phi) is 6.02. The first-order valence-electron chi connectivity index (χ1n) is 9.13. The van der Waals surface area contributed by atoms with Crippen molar-refractivity contribution < 1.29 is 22.8 Å². The molecule has 0 radical (unpaired) electrons. The fourth-order valence-corrected chi connectivity index (χ4v) is 3.56. The minimum atomic E-state index is -1.02. The summed E-state index contributed by atoms with van der Waals surface area (Å²) in [4.78, 5) is 24.5. The van der Waals surface area contributed by atoms with Gasteiger partial charge in [0.1, 0.15) is 5.82 Å². The van der Waals surface area contributed by atoms with E-state index >= 15 is 0 Å². The number of nitrogens with one attached hydrogen (secondary N) is 2. The van der Waals surface area contributed by atoms with Crippen LogP contribution in [0.2, 0.25) is 0 Å². The molecule has 0 aliphatic heterocycles. The van der Waals surface area contributed by atoms with Crippen molar-refractivity contribution in [2.45, 2.75) is 44.7 Å². The molecule has 2 aromatic rings. The molecule has 1 saturated carbocycles. The van der Waals surface area contributed by atoms with Gasteiger partial charge in [-0.3, -0.25) is 9.59 Å². The zero-order chi connectivity index (χ0) is 20.3. The zero-order valence-electron chi connectivity index (χ0n) is 15.4. The summed E-state index contributed by atoms with van der Waals surface area (Å²) in [5.41, 5.74) is 0.574. The van der Waals surface area contributed by atoms with Gasteiger partial charge in [0.15, 0.2) is 11.6 Å². The first-order chi connectivity index (χ1) is 13.3.